The van der Waals surface area contributed by atoms with Crippen molar-refractivity contribution in [2.75, 3.05) is 12.4 Å². The molecule has 0 aliphatic carbocycles. The zero-order chi connectivity index (χ0) is 15.2. The van der Waals surface area contributed by atoms with Crippen molar-refractivity contribution >= 4 is 11.6 Å². The van der Waals surface area contributed by atoms with Crippen LogP contribution >= 0.6 is 0 Å². The van der Waals surface area contributed by atoms with E-state index in [2.05, 4.69) is 5.32 Å². The van der Waals surface area contributed by atoms with Gasteiger partial charge in [0, 0.05) is 5.69 Å². The molecule has 0 unspecified atom stereocenters. The SMILES string of the molecule is C[C@H](C(=O)Nc1cccc(C#N)c1)N(C)Cc1ccco1. The van der Waals surface area contributed by atoms with Gasteiger partial charge in [-0.2, -0.15) is 5.26 Å². The summed E-state index contributed by atoms with van der Waals surface area (Å²) >= 11 is 0. The number of furan rings is 1. The molecule has 2 rings (SSSR count). The third kappa shape index (κ3) is 3.94. The second-order valence-corrected chi connectivity index (χ2v) is 4.85. The molecule has 0 bridgehead atoms. The van der Waals surface area contributed by atoms with Gasteiger partial charge in [0.2, 0.25) is 5.91 Å². The van der Waals surface area contributed by atoms with E-state index in [1.54, 1.807) is 30.5 Å². The highest BCUT2D eigenvalue weighted by Crippen LogP contribution is 2.12. The number of likely N-dealkylation sites (N-methyl/N-ethyl adjacent to an activating group) is 1. The van der Waals surface area contributed by atoms with Crippen molar-refractivity contribution < 1.29 is 9.21 Å². The number of hydrogen-bond acceptors (Lipinski definition) is 4. The quantitative estimate of drug-likeness (QED) is 0.915. The minimum absolute atomic E-state index is 0.126. The molecule has 1 aromatic carbocycles. The number of amides is 1. The van der Waals surface area contributed by atoms with Gasteiger partial charge in [0.15, 0.2) is 0 Å². The maximum absolute atomic E-state index is 12.2. The molecule has 1 heterocycles. The molecule has 0 saturated carbocycles. The van der Waals surface area contributed by atoms with Gasteiger partial charge in [-0.15, -0.1) is 0 Å². The van der Waals surface area contributed by atoms with E-state index >= 15 is 0 Å². The molecule has 21 heavy (non-hydrogen) atoms. The third-order valence-corrected chi connectivity index (χ3v) is 3.29. The summed E-state index contributed by atoms with van der Waals surface area (Å²) in [6, 6.07) is 12.3. The van der Waals surface area contributed by atoms with Crippen LogP contribution in [0.5, 0.6) is 0 Å². The Morgan fingerprint density at radius 2 is 2.24 bits per heavy atom. The first kappa shape index (κ1) is 14.8. The summed E-state index contributed by atoms with van der Waals surface area (Å²) in [7, 11) is 1.86. The Balaban J connectivity index is 1.97. The van der Waals surface area contributed by atoms with E-state index in [0.717, 1.165) is 5.76 Å². The van der Waals surface area contributed by atoms with Gasteiger partial charge in [-0.25, -0.2) is 0 Å². The Kier molecular flexibility index (Phi) is 4.75. The first-order chi connectivity index (χ1) is 10.1. The van der Waals surface area contributed by atoms with Crippen molar-refractivity contribution in [3.05, 3.63) is 54.0 Å². The summed E-state index contributed by atoms with van der Waals surface area (Å²) in [6.45, 7) is 2.38. The van der Waals surface area contributed by atoms with Crippen LogP contribution in [0.4, 0.5) is 5.69 Å². The molecule has 0 fully saturated rings. The van der Waals surface area contributed by atoms with Crippen molar-refractivity contribution in [2.45, 2.75) is 19.5 Å². The monoisotopic (exact) mass is 283 g/mol. The largest absolute Gasteiger partial charge is 0.468 e. The lowest BCUT2D eigenvalue weighted by atomic mass is 10.2. The zero-order valence-corrected chi connectivity index (χ0v) is 12.0. The van der Waals surface area contributed by atoms with Crippen LogP contribution in [0.2, 0.25) is 0 Å². The summed E-state index contributed by atoms with van der Waals surface area (Å²) in [4.78, 5) is 14.1. The fraction of sp³-hybridized carbons (Fsp3) is 0.250. The number of nitrogens with one attached hydrogen (secondary N) is 1. The van der Waals surface area contributed by atoms with Crippen molar-refractivity contribution in [1.82, 2.24) is 4.90 Å². The number of anilines is 1. The van der Waals surface area contributed by atoms with Gasteiger partial charge in [0.1, 0.15) is 5.76 Å². The van der Waals surface area contributed by atoms with Crippen molar-refractivity contribution in [1.29, 1.82) is 5.26 Å². The summed E-state index contributed by atoms with van der Waals surface area (Å²) in [6.07, 6.45) is 1.61. The van der Waals surface area contributed by atoms with Crippen LogP contribution in [0.25, 0.3) is 0 Å². The molecule has 2 aromatic rings. The van der Waals surface area contributed by atoms with Crippen LogP contribution in [0, 0.1) is 11.3 Å². The number of hydrogen-bond donors (Lipinski definition) is 1. The Labute approximate surface area is 123 Å². The molecular weight excluding hydrogens is 266 g/mol. The van der Waals surface area contributed by atoms with Gasteiger partial charge in [-0.1, -0.05) is 6.07 Å². The van der Waals surface area contributed by atoms with E-state index in [1.165, 1.54) is 0 Å². The van der Waals surface area contributed by atoms with E-state index in [1.807, 2.05) is 37.1 Å². The van der Waals surface area contributed by atoms with E-state index in [4.69, 9.17) is 9.68 Å². The van der Waals surface area contributed by atoms with Crippen LogP contribution in [0.15, 0.2) is 47.1 Å². The van der Waals surface area contributed by atoms with E-state index in [0.29, 0.717) is 17.8 Å². The Morgan fingerprint density at radius 3 is 2.90 bits per heavy atom. The van der Waals surface area contributed by atoms with Gasteiger partial charge in [0.05, 0.1) is 30.5 Å². The standard InChI is InChI=1S/C16H17N3O2/c1-12(19(2)11-15-7-4-8-21-15)16(20)18-14-6-3-5-13(9-14)10-17/h3-9,12H,11H2,1-2H3,(H,18,20)/t12-/m1/s1. The summed E-state index contributed by atoms with van der Waals surface area (Å²) in [5, 5.41) is 11.7. The van der Waals surface area contributed by atoms with E-state index in [9.17, 15) is 4.79 Å². The molecular formula is C16H17N3O2. The molecule has 5 heteroatoms. The predicted octanol–water partition coefficient (Wildman–Crippen LogP) is 2.61. The highest BCUT2D eigenvalue weighted by Gasteiger charge is 2.19. The average Bonchev–Trinajstić information content (AvgIpc) is 2.99. The summed E-state index contributed by atoms with van der Waals surface area (Å²) in [5.41, 5.74) is 1.14. The number of benzene rings is 1. The lowest BCUT2D eigenvalue weighted by Gasteiger charge is -2.22. The summed E-state index contributed by atoms with van der Waals surface area (Å²) < 4.78 is 5.27. The normalized spacial score (nSPS) is 11.9. The van der Waals surface area contributed by atoms with Gasteiger partial charge >= 0.3 is 0 Å². The number of nitrogens with zero attached hydrogens (tertiary/aromatic N) is 2. The smallest absolute Gasteiger partial charge is 0.241 e. The van der Waals surface area contributed by atoms with Gasteiger partial charge in [-0.05, 0) is 44.3 Å². The van der Waals surface area contributed by atoms with Crippen LogP contribution in [0.1, 0.15) is 18.2 Å². The number of nitriles is 1. The van der Waals surface area contributed by atoms with Crippen molar-refractivity contribution in [3.8, 4) is 6.07 Å². The van der Waals surface area contributed by atoms with Gasteiger partial charge in [0.25, 0.3) is 0 Å². The second-order valence-electron chi connectivity index (χ2n) is 4.85. The van der Waals surface area contributed by atoms with Crippen LogP contribution in [-0.2, 0) is 11.3 Å². The molecule has 0 radical (unpaired) electrons. The number of carbonyl (C=O) groups is 1. The average molecular weight is 283 g/mol. The third-order valence-electron chi connectivity index (χ3n) is 3.29. The Morgan fingerprint density at radius 1 is 1.43 bits per heavy atom. The maximum atomic E-state index is 12.2. The van der Waals surface area contributed by atoms with Crippen molar-refractivity contribution in [3.63, 3.8) is 0 Å². The fourth-order valence-electron chi connectivity index (χ4n) is 1.90. The Bertz CT molecular complexity index is 644. The topological polar surface area (TPSA) is 69.3 Å². The van der Waals surface area contributed by atoms with Gasteiger partial charge in [-0.3, -0.25) is 9.69 Å². The molecule has 1 amide bonds. The molecule has 0 spiro atoms. The lowest BCUT2D eigenvalue weighted by molar-refractivity contribution is -0.120. The first-order valence-corrected chi connectivity index (χ1v) is 6.64. The summed E-state index contributed by atoms with van der Waals surface area (Å²) in [5.74, 6) is 0.683. The molecule has 1 atom stereocenters. The lowest BCUT2D eigenvalue weighted by Crippen LogP contribution is -2.39. The highest BCUT2D eigenvalue weighted by atomic mass is 16.3. The maximum Gasteiger partial charge on any atom is 0.241 e. The van der Waals surface area contributed by atoms with Crippen LogP contribution in [0.3, 0.4) is 0 Å². The van der Waals surface area contributed by atoms with Crippen LogP contribution < -0.4 is 5.32 Å². The fourth-order valence-corrected chi connectivity index (χ4v) is 1.90. The number of carbonyl (C=O) groups excluding carboxylic acids is 1. The molecule has 0 aliphatic rings. The first-order valence-electron chi connectivity index (χ1n) is 6.64. The molecule has 108 valence electrons. The molecule has 5 nitrogen and oxygen atoms in total. The van der Waals surface area contributed by atoms with Gasteiger partial charge < -0.3 is 9.73 Å². The van der Waals surface area contributed by atoms with Crippen LogP contribution in [-0.4, -0.2) is 23.9 Å². The minimum atomic E-state index is -0.319. The molecule has 0 saturated heterocycles. The second kappa shape index (κ2) is 6.73. The van der Waals surface area contributed by atoms with E-state index in [-0.39, 0.29) is 11.9 Å². The molecule has 1 N–H and O–H groups in total. The minimum Gasteiger partial charge on any atom is -0.468 e. The Hall–Kier alpha value is -2.58. The highest BCUT2D eigenvalue weighted by molar-refractivity contribution is 5.94. The predicted molar refractivity (Wildman–Crippen MR) is 79.4 cm³/mol. The van der Waals surface area contributed by atoms with Crippen molar-refractivity contribution in [2.24, 2.45) is 0 Å². The molecule has 1 aromatic heterocycles. The number of rotatable bonds is 5. The molecule has 0 aliphatic heterocycles. The zero-order valence-electron chi connectivity index (χ0n) is 12.0. The van der Waals surface area contributed by atoms with E-state index < -0.39 is 0 Å².